The summed E-state index contributed by atoms with van der Waals surface area (Å²) in [5.74, 6) is -2.11. The highest BCUT2D eigenvalue weighted by atomic mass is 19.1. The summed E-state index contributed by atoms with van der Waals surface area (Å²) in [5, 5.41) is 19.1. The third-order valence-electron chi connectivity index (χ3n) is 2.48. The summed E-state index contributed by atoms with van der Waals surface area (Å²) >= 11 is 0. The SMILES string of the molecule is CC(C)(C)C(=O)Oc1cc(C(O)CN)c(F)cc1O. The number of carbonyl (C=O) groups is 1. The van der Waals surface area contributed by atoms with Crippen molar-refractivity contribution in [1.29, 1.82) is 0 Å². The van der Waals surface area contributed by atoms with E-state index < -0.39 is 29.1 Å². The molecule has 0 aliphatic rings. The minimum Gasteiger partial charge on any atom is -0.504 e. The van der Waals surface area contributed by atoms with Crippen molar-refractivity contribution >= 4 is 5.97 Å². The fourth-order valence-electron chi connectivity index (χ4n) is 1.28. The Morgan fingerprint density at radius 2 is 2.05 bits per heavy atom. The lowest BCUT2D eigenvalue weighted by Gasteiger charge is -2.18. The molecule has 0 spiro atoms. The second kappa shape index (κ2) is 5.54. The smallest absolute Gasteiger partial charge is 0.316 e. The van der Waals surface area contributed by atoms with Gasteiger partial charge in [-0.1, -0.05) is 0 Å². The van der Waals surface area contributed by atoms with Crippen LogP contribution in [0.3, 0.4) is 0 Å². The van der Waals surface area contributed by atoms with E-state index >= 15 is 0 Å². The van der Waals surface area contributed by atoms with Gasteiger partial charge in [0.15, 0.2) is 11.5 Å². The van der Waals surface area contributed by atoms with Crippen molar-refractivity contribution in [1.82, 2.24) is 0 Å². The average Bonchev–Trinajstić information content (AvgIpc) is 2.30. The number of halogens is 1. The first-order valence-corrected chi connectivity index (χ1v) is 5.79. The van der Waals surface area contributed by atoms with Gasteiger partial charge in [-0.25, -0.2) is 4.39 Å². The highest BCUT2D eigenvalue weighted by Crippen LogP contribution is 2.33. The molecule has 0 fully saturated rings. The number of rotatable bonds is 3. The summed E-state index contributed by atoms with van der Waals surface area (Å²) in [7, 11) is 0. The van der Waals surface area contributed by atoms with Crippen molar-refractivity contribution in [3.8, 4) is 11.5 Å². The third-order valence-corrected chi connectivity index (χ3v) is 2.48. The Bertz CT molecular complexity index is 482. The molecule has 0 saturated carbocycles. The molecular formula is C13H18FNO4. The van der Waals surface area contributed by atoms with E-state index in [2.05, 4.69) is 0 Å². The van der Waals surface area contributed by atoms with Crippen LogP contribution in [-0.2, 0) is 4.79 Å². The summed E-state index contributed by atoms with van der Waals surface area (Å²) in [6, 6.07) is 1.85. The van der Waals surface area contributed by atoms with Gasteiger partial charge in [0.2, 0.25) is 0 Å². The fourth-order valence-corrected chi connectivity index (χ4v) is 1.28. The number of esters is 1. The van der Waals surface area contributed by atoms with Gasteiger partial charge in [-0.05, 0) is 26.8 Å². The molecule has 1 aromatic carbocycles. The summed E-state index contributed by atoms with van der Waals surface area (Å²) in [4.78, 5) is 11.7. The van der Waals surface area contributed by atoms with Crippen LogP contribution in [0.4, 0.5) is 4.39 Å². The minimum atomic E-state index is -1.23. The van der Waals surface area contributed by atoms with Gasteiger partial charge in [0, 0.05) is 18.2 Å². The van der Waals surface area contributed by atoms with Gasteiger partial charge in [-0.15, -0.1) is 0 Å². The predicted molar refractivity (Wildman–Crippen MR) is 67.2 cm³/mol. The van der Waals surface area contributed by atoms with Crippen molar-refractivity contribution < 1.29 is 24.1 Å². The first-order valence-electron chi connectivity index (χ1n) is 5.79. The number of benzene rings is 1. The highest BCUT2D eigenvalue weighted by Gasteiger charge is 2.26. The van der Waals surface area contributed by atoms with Crippen LogP contribution in [0.1, 0.15) is 32.4 Å². The first kappa shape index (κ1) is 15.4. The number of nitrogens with two attached hydrogens (primary N) is 1. The van der Waals surface area contributed by atoms with Crippen molar-refractivity contribution in [2.45, 2.75) is 26.9 Å². The molecule has 0 saturated heterocycles. The zero-order valence-electron chi connectivity index (χ0n) is 11.1. The van der Waals surface area contributed by atoms with Crippen LogP contribution < -0.4 is 10.5 Å². The molecule has 0 amide bonds. The topological polar surface area (TPSA) is 92.8 Å². The molecule has 0 aliphatic carbocycles. The van der Waals surface area contributed by atoms with Gasteiger partial charge in [-0.3, -0.25) is 4.79 Å². The number of carbonyl (C=O) groups excluding carboxylic acids is 1. The third kappa shape index (κ3) is 3.65. The summed E-state index contributed by atoms with van der Waals surface area (Å²) in [5.41, 5.74) is 4.35. The lowest BCUT2D eigenvalue weighted by Crippen LogP contribution is -2.25. The highest BCUT2D eigenvalue weighted by molar-refractivity contribution is 5.78. The van der Waals surface area contributed by atoms with E-state index in [9.17, 15) is 19.4 Å². The van der Waals surface area contributed by atoms with Crippen molar-refractivity contribution in [3.05, 3.63) is 23.5 Å². The second-order valence-corrected chi connectivity index (χ2v) is 5.23. The molecule has 0 aliphatic heterocycles. The van der Waals surface area contributed by atoms with Gasteiger partial charge in [0.25, 0.3) is 0 Å². The Labute approximate surface area is 110 Å². The molecule has 0 aromatic heterocycles. The molecule has 1 unspecified atom stereocenters. The van der Waals surface area contributed by atoms with Gasteiger partial charge < -0.3 is 20.7 Å². The molecule has 5 nitrogen and oxygen atoms in total. The molecule has 4 N–H and O–H groups in total. The zero-order valence-corrected chi connectivity index (χ0v) is 11.1. The second-order valence-electron chi connectivity index (χ2n) is 5.23. The Kier molecular flexibility index (Phi) is 4.49. The molecule has 0 bridgehead atoms. The van der Waals surface area contributed by atoms with Gasteiger partial charge in [-0.2, -0.15) is 0 Å². The Morgan fingerprint density at radius 1 is 1.47 bits per heavy atom. The number of hydrogen-bond acceptors (Lipinski definition) is 5. The first-order chi connectivity index (χ1) is 8.66. The van der Waals surface area contributed by atoms with E-state index in [1.54, 1.807) is 20.8 Å². The molecule has 1 aromatic rings. The van der Waals surface area contributed by atoms with Crippen LogP contribution in [0.2, 0.25) is 0 Å². The molecule has 106 valence electrons. The molecule has 0 radical (unpaired) electrons. The minimum absolute atomic E-state index is 0.128. The average molecular weight is 271 g/mol. The molecular weight excluding hydrogens is 253 g/mol. The van der Waals surface area contributed by atoms with Gasteiger partial charge in [0.05, 0.1) is 11.5 Å². The normalized spacial score (nSPS) is 13.2. The number of phenols is 1. The van der Waals surface area contributed by atoms with E-state index in [0.717, 1.165) is 12.1 Å². The molecule has 0 heterocycles. The number of aliphatic hydroxyl groups excluding tert-OH is 1. The standard InChI is InChI=1S/C13H18FNO4/c1-13(2,3)12(18)19-11-4-7(10(17)6-15)8(14)5-9(11)16/h4-5,10,16-17H,6,15H2,1-3H3. The van der Waals surface area contributed by atoms with E-state index in [0.29, 0.717) is 0 Å². The fraction of sp³-hybridized carbons (Fsp3) is 0.462. The lowest BCUT2D eigenvalue weighted by molar-refractivity contribution is -0.143. The van der Waals surface area contributed by atoms with Crippen molar-refractivity contribution in [3.63, 3.8) is 0 Å². The van der Waals surface area contributed by atoms with Crippen LogP contribution in [-0.4, -0.2) is 22.7 Å². The van der Waals surface area contributed by atoms with Gasteiger partial charge in [0.1, 0.15) is 5.82 Å². The van der Waals surface area contributed by atoms with Crippen LogP contribution in [0, 0.1) is 11.2 Å². The molecule has 6 heteroatoms. The summed E-state index contributed by atoms with van der Waals surface area (Å²) in [6.45, 7) is 4.75. The summed E-state index contributed by atoms with van der Waals surface area (Å²) < 4.78 is 18.5. The summed E-state index contributed by atoms with van der Waals surface area (Å²) in [6.07, 6.45) is -1.23. The Morgan fingerprint density at radius 3 is 2.53 bits per heavy atom. The van der Waals surface area contributed by atoms with E-state index in [4.69, 9.17) is 10.5 Å². The van der Waals surface area contributed by atoms with Crippen LogP contribution >= 0.6 is 0 Å². The van der Waals surface area contributed by atoms with Crippen molar-refractivity contribution in [2.24, 2.45) is 11.1 Å². The van der Waals surface area contributed by atoms with Crippen LogP contribution in [0.5, 0.6) is 11.5 Å². The van der Waals surface area contributed by atoms with Crippen LogP contribution in [0.15, 0.2) is 12.1 Å². The largest absolute Gasteiger partial charge is 0.504 e. The van der Waals surface area contributed by atoms with E-state index in [-0.39, 0.29) is 17.9 Å². The monoisotopic (exact) mass is 271 g/mol. The maximum atomic E-state index is 13.5. The number of aliphatic hydroxyl groups is 1. The number of phenolic OH excluding ortho intramolecular Hbond substituents is 1. The van der Waals surface area contributed by atoms with E-state index in [1.807, 2.05) is 0 Å². The zero-order chi connectivity index (χ0) is 14.8. The molecule has 1 atom stereocenters. The quantitative estimate of drug-likeness (QED) is 0.572. The Balaban J connectivity index is 3.12. The predicted octanol–water partition coefficient (Wildman–Crippen LogP) is 1.47. The maximum Gasteiger partial charge on any atom is 0.316 e. The molecule has 19 heavy (non-hydrogen) atoms. The van der Waals surface area contributed by atoms with Crippen molar-refractivity contribution in [2.75, 3.05) is 6.54 Å². The lowest BCUT2D eigenvalue weighted by atomic mass is 9.97. The Hall–Kier alpha value is -1.66. The number of aromatic hydroxyl groups is 1. The van der Waals surface area contributed by atoms with Crippen LogP contribution in [0.25, 0.3) is 0 Å². The van der Waals surface area contributed by atoms with Gasteiger partial charge >= 0.3 is 5.97 Å². The maximum absolute atomic E-state index is 13.5. The molecule has 1 rings (SSSR count). The van der Waals surface area contributed by atoms with E-state index in [1.165, 1.54) is 0 Å². The number of hydrogen-bond donors (Lipinski definition) is 3. The number of ether oxygens (including phenoxy) is 1.